The smallest absolute Gasteiger partial charge is 0.136 e. The number of rotatable bonds is 5. The van der Waals surface area contributed by atoms with E-state index in [0.717, 1.165) is 12.4 Å². The lowest BCUT2D eigenvalue weighted by molar-refractivity contribution is 0.0827. The van der Waals surface area contributed by atoms with Crippen molar-refractivity contribution < 1.29 is 0 Å². The first-order valence-electron chi connectivity index (χ1n) is 10.9. The molecule has 1 aromatic carbocycles. The van der Waals surface area contributed by atoms with Crippen molar-refractivity contribution in [3.8, 4) is 5.82 Å². The van der Waals surface area contributed by atoms with Gasteiger partial charge in [0.1, 0.15) is 5.82 Å². The van der Waals surface area contributed by atoms with E-state index in [2.05, 4.69) is 81.1 Å². The molecule has 1 saturated heterocycles. The van der Waals surface area contributed by atoms with Gasteiger partial charge in [0, 0.05) is 43.3 Å². The molecule has 1 unspecified atom stereocenters. The van der Waals surface area contributed by atoms with Crippen LogP contribution < -0.4 is 0 Å². The van der Waals surface area contributed by atoms with E-state index in [0.29, 0.717) is 12.1 Å². The summed E-state index contributed by atoms with van der Waals surface area (Å²) in [6, 6.07) is 20.7. The molecule has 1 aliphatic heterocycles. The number of likely N-dealkylation sites (N-methyl/N-ethyl adjacent to an activating group) is 1. The van der Waals surface area contributed by atoms with Crippen molar-refractivity contribution in [1.29, 1.82) is 0 Å². The van der Waals surface area contributed by atoms with Crippen molar-refractivity contribution in [2.24, 2.45) is 0 Å². The fraction of sp³-hybridized carbons (Fsp3) is 0.400. The van der Waals surface area contributed by atoms with Crippen LogP contribution >= 0.6 is 0 Å². The number of pyridine rings is 1. The van der Waals surface area contributed by atoms with Crippen LogP contribution in [0.2, 0.25) is 0 Å². The van der Waals surface area contributed by atoms with Gasteiger partial charge in [-0.1, -0.05) is 30.3 Å². The quantitative estimate of drug-likeness (QED) is 0.664. The summed E-state index contributed by atoms with van der Waals surface area (Å²) in [6.45, 7) is 3.37. The molecule has 0 N–H and O–H groups in total. The molecule has 4 heteroatoms. The molecule has 0 bridgehead atoms. The second-order valence-electron chi connectivity index (χ2n) is 8.59. The lowest BCUT2D eigenvalue weighted by atomic mass is 10.0. The van der Waals surface area contributed by atoms with Gasteiger partial charge in [-0.2, -0.15) is 0 Å². The molecule has 4 nitrogen and oxygen atoms in total. The molecule has 3 heterocycles. The van der Waals surface area contributed by atoms with E-state index in [9.17, 15) is 0 Å². The minimum Gasteiger partial charge on any atom is -0.304 e. The lowest BCUT2D eigenvalue weighted by Crippen LogP contribution is -2.50. The van der Waals surface area contributed by atoms with Crippen LogP contribution in [-0.4, -0.2) is 51.6 Å². The predicted octanol–water partition coefficient (Wildman–Crippen LogP) is 3.94. The molecule has 29 heavy (non-hydrogen) atoms. The van der Waals surface area contributed by atoms with Crippen molar-refractivity contribution in [3.63, 3.8) is 0 Å². The van der Waals surface area contributed by atoms with E-state index in [-0.39, 0.29) is 0 Å². The summed E-state index contributed by atoms with van der Waals surface area (Å²) in [5, 5.41) is 0. The molecule has 1 atom stereocenters. The minimum absolute atomic E-state index is 0.611. The van der Waals surface area contributed by atoms with Gasteiger partial charge in [0.2, 0.25) is 0 Å². The van der Waals surface area contributed by atoms with Crippen LogP contribution in [-0.2, 0) is 19.4 Å². The molecular formula is C25H30N4. The van der Waals surface area contributed by atoms with E-state index in [1.165, 1.54) is 44.5 Å². The van der Waals surface area contributed by atoms with Gasteiger partial charge >= 0.3 is 0 Å². The van der Waals surface area contributed by atoms with Crippen molar-refractivity contribution in [3.05, 3.63) is 83.8 Å². The van der Waals surface area contributed by atoms with Crippen LogP contribution in [0.4, 0.5) is 0 Å². The summed E-state index contributed by atoms with van der Waals surface area (Å²) in [5.74, 6) is 0.995. The molecule has 0 saturated carbocycles. The summed E-state index contributed by atoms with van der Waals surface area (Å²) in [7, 11) is 2.29. The molecule has 2 aliphatic rings. The Kier molecular flexibility index (Phi) is 5.21. The summed E-state index contributed by atoms with van der Waals surface area (Å²) in [4.78, 5) is 9.82. The Morgan fingerprint density at radius 1 is 1.00 bits per heavy atom. The van der Waals surface area contributed by atoms with Gasteiger partial charge < -0.3 is 4.57 Å². The number of hydrogen-bond donors (Lipinski definition) is 0. The Morgan fingerprint density at radius 3 is 2.55 bits per heavy atom. The van der Waals surface area contributed by atoms with Crippen LogP contribution in [0.5, 0.6) is 0 Å². The monoisotopic (exact) mass is 386 g/mol. The Hall–Kier alpha value is -2.43. The highest BCUT2D eigenvalue weighted by atomic mass is 15.2. The second-order valence-corrected chi connectivity index (χ2v) is 8.59. The molecule has 0 spiro atoms. The van der Waals surface area contributed by atoms with E-state index in [4.69, 9.17) is 0 Å². The maximum absolute atomic E-state index is 4.52. The van der Waals surface area contributed by atoms with Gasteiger partial charge in [0.15, 0.2) is 0 Å². The molecular weight excluding hydrogens is 356 g/mol. The zero-order valence-corrected chi connectivity index (χ0v) is 17.2. The Labute approximate surface area is 173 Å². The average Bonchev–Trinajstić information content (AvgIpc) is 3.41. The molecule has 1 aliphatic carbocycles. The SMILES string of the molecule is CN(Cc1cccn1-c1ccccn1)C1CCCN(C2Cc3ccccc3C2)C1. The normalized spacial score (nSPS) is 20.3. The van der Waals surface area contributed by atoms with Crippen molar-refractivity contribution >= 4 is 0 Å². The second kappa shape index (κ2) is 8.13. The molecule has 0 amide bonds. The Morgan fingerprint density at radius 2 is 1.79 bits per heavy atom. The summed E-state index contributed by atoms with van der Waals surface area (Å²) in [6.07, 6.45) is 9.00. The summed E-state index contributed by atoms with van der Waals surface area (Å²) in [5.41, 5.74) is 4.42. The fourth-order valence-electron chi connectivity index (χ4n) is 5.12. The van der Waals surface area contributed by atoms with Crippen molar-refractivity contribution in [2.75, 3.05) is 20.1 Å². The van der Waals surface area contributed by atoms with E-state index in [1.54, 1.807) is 11.1 Å². The first-order chi connectivity index (χ1) is 14.3. The predicted molar refractivity (Wildman–Crippen MR) is 117 cm³/mol. The molecule has 0 radical (unpaired) electrons. The Balaban J connectivity index is 1.25. The third-order valence-electron chi connectivity index (χ3n) is 6.74. The lowest BCUT2D eigenvalue weighted by Gasteiger charge is -2.40. The minimum atomic E-state index is 0.611. The van der Waals surface area contributed by atoms with E-state index in [1.807, 2.05) is 12.3 Å². The van der Waals surface area contributed by atoms with Crippen molar-refractivity contribution in [1.82, 2.24) is 19.4 Å². The number of piperidine rings is 1. The zero-order chi connectivity index (χ0) is 19.6. The van der Waals surface area contributed by atoms with Crippen LogP contribution in [0.15, 0.2) is 67.0 Å². The zero-order valence-electron chi connectivity index (χ0n) is 17.2. The van der Waals surface area contributed by atoms with Gasteiger partial charge in [0.25, 0.3) is 0 Å². The highest BCUT2D eigenvalue weighted by Gasteiger charge is 2.31. The van der Waals surface area contributed by atoms with Gasteiger partial charge in [-0.05, 0) is 74.7 Å². The van der Waals surface area contributed by atoms with Crippen LogP contribution in [0, 0.1) is 0 Å². The number of aromatic nitrogens is 2. The molecule has 5 rings (SSSR count). The highest BCUT2D eigenvalue weighted by molar-refractivity contribution is 5.33. The van der Waals surface area contributed by atoms with E-state index >= 15 is 0 Å². The molecule has 3 aromatic rings. The topological polar surface area (TPSA) is 24.3 Å². The maximum Gasteiger partial charge on any atom is 0.136 e. The van der Waals surface area contributed by atoms with Gasteiger partial charge in [-0.15, -0.1) is 0 Å². The Bertz CT molecular complexity index is 923. The maximum atomic E-state index is 4.52. The standard InChI is InChI=1S/C25H30N4/c1-27(18-23-11-7-15-29(23)25-12-4-5-13-26-25)22-10-6-14-28(19-22)24-16-20-8-2-3-9-21(20)17-24/h2-5,7-9,11-13,15,22,24H,6,10,14,16-19H2,1H3. The number of likely N-dealkylation sites (tertiary alicyclic amines) is 1. The first kappa shape index (κ1) is 18.6. The molecule has 150 valence electrons. The number of benzene rings is 1. The van der Waals surface area contributed by atoms with E-state index < -0.39 is 0 Å². The van der Waals surface area contributed by atoms with Gasteiger partial charge in [0.05, 0.1) is 0 Å². The first-order valence-corrected chi connectivity index (χ1v) is 10.9. The average molecular weight is 387 g/mol. The van der Waals surface area contributed by atoms with Crippen molar-refractivity contribution in [2.45, 2.75) is 44.3 Å². The van der Waals surface area contributed by atoms with Gasteiger partial charge in [-0.25, -0.2) is 4.98 Å². The van der Waals surface area contributed by atoms with Gasteiger partial charge in [-0.3, -0.25) is 9.80 Å². The highest BCUT2D eigenvalue weighted by Crippen LogP contribution is 2.28. The number of fused-ring (bicyclic) bond motifs is 1. The number of hydrogen-bond acceptors (Lipinski definition) is 3. The molecule has 1 fully saturated rings. The summed E-state index contributed by atoms with van der Waals surface area (Å²) >= 11 is 0. The number of nitrogens with zero attached hydrogens (tertiary/aromatic N) is 4. The summed E-state index contributed by atoms with van der Waals surface area (Å²) < 4.78 is 2.21. The third kappa shape index (κ3) is 3.87. The van der Waals surface area contributed by atoms with Crippen LogP contribution in [0.25, 0.3) is 5.82 Å². The largest absolute Gasteiger partial charge is 0.304 e. The van der Waals surface area contributed by atoms with Crippen LogP contribution in [0.1, 0.15) is 29.7 Å². The van der Waals surface area contributed by atoms with Crippen LogP contribution in [0.3, 0.4) is 0 Å². The third-order valence-corrected chi connectivity index (χ3v) is 6.74. The fourth-order valence-corrected chi connectivity index (χ4v) is 5.12. The molecule has 2 aromatic heterocycles.